The molecule has 140 valence electrons. The van der Waals surface area contributed by atoms with E-state index in [1.807, 2.05) is 6.20 Å². The number of anilines is 1. The third kappa shape index (κ3) is 4.03. The molecule has 1 aliphatic carbocycles. The molecule has 1 atom stereocenters. The topological polar surface area (TPSA) is 33.5 Å². The summed E-state index contributed by atoms with van der Waals surface area (Å²) in [6.07, 6.45) is 16.4. The number of hydrogen-bond acceptors (Lipinski definition) is 3. The van der Waals surface area contributed by atoms with Crippen molar-refractivity contribution in [3.63, 3.8) is 0 Å². The molecule has 0 bridgehead atoms. The lowest BCUT2D eigenvalue weighted by Crippen LogP contribution is -2.32. The number of allylic oxidation sites excluding steroid dienone is 4. The minimum Gasteiger partial charge on any atom is -0.377 e. The lowest BCUT2D eigenvalue weighted by Gasteiger charge is -2.38. The van der Waals surface area contributed by atoms with E-state index in [-0.39, 0.29) is 0 Å². The van der Waals surface area contributed by atoms with Crippen LogP contribution in [0.5, 0.6) is 0 Å². The average Bonchev–Trinajstić information content (AvgIpc) is 2.62. The van der Waals surface area contributed by atoms with Gasteiger partial charge in [-0.15, -0.1) is 0 Å². The molecule has 4 nitrogen and oxygen atoms in total. The first-order valence-electron chi connectivity index (χ1n) is 10.1. The van der Waals surface area contributed by atoms with Gasteiger partial charge in [-0.3, -0.25) is 0 Å². The van der Waals surface area contributed by atoms with Crippen LogP contribution in [0.15, 0.2) is 35.3 Å². The van der Waals surface area contributed by atoms with E-state index < -0.39 is 0 Å². The summed E-state index contributed by atoms with van der Waals surface area (Å²) >= 11 is 0. The fourth-order valence-electron chi connectivity index (χ4n) is 4.40. The van der Waals surface area contributed by atoms with Crippen molar-refractivity contribution in [2.24, 2.45) is 11.8 Å². The molecule has 3 rings (SSSR count). The SMILES string of the molecule is CC=C(C1=C(C(C)CCN(C)c2cncc#[n+]2)N(C)CCC1)C1CCC1. The average molecular weight is 354 g/mol. The predicted molar refractivity (Wildman–Crippen MR) is 106 cm³/mol. The lowest BCUT2D eigenvalue weighted by molar-refractivity contribution is -0.280. The molecular formula is C22H33N4+. The van der Waals surface area contributed by atoms with Crippen LogP contribution in [0, 0.1) is 18.0 Å². The van der Waals surface area contributed by atoms with Crippen molar-refractivity contribution in [3.05, 3.63) is 41.5 Å². The normalized spacial score (nSPS) is 19.8. The van der Waals surface area contributed by atoms with E-state index in [1.54, 1.807) is 23.0 Å². The van der Waals surface area contributed by atoms with Gasteiger partial charge in [0.1, 0.15) is 12.4 Å². The Labute approximate surface area is 159 Å². The van der Waals surface area contributed by atoms with Gasteiger partial charge < -0.3 is 4.90 Å². The maximum Gasteiger partial charge on any atom is 0.399 e. The second kappa shape index (κ2) is 8.58. The van der Waals surface area contributed by atoms with Crippen LogP contribution in [-0.2, 0) is 0 Å². The van der Waals surface area contributed by atoms with Crippen molar-refractivity contribution in [1.29, 1.82) is 0 Å². The zero-order valence-corrected chi connectivity index (χ0v) is 16.8. The first kappa shape index (κ1) is 18.8. The first-order chi connectivity index (χ1) is 12.6. The summed E-state index contributed by atoms with van der Waals surface area (Å²) in [6.45, 7) is 6.78. The zero-order valence-electron chi connectivity index (χ0n) is 16.8. The summed E-state index contributed by atoms with van der Waals surface area (Å²) in [5.41, 5.74) is 4.87. The van der Waals surface area contributed by atoms with Crippen LogP contribution in [0.4, 0.5) is 5.82 Å². The quantitative estimate of drug-likeness (QED) is 0.749. The molecule has 0 spiro atoms. The van der Waals surface area contributed by atoms with E-state index in [4.69, 9.17) is 0 Å². The van der Waals surface area contributed by atoms with Gasteiger partial charge in [0.2, 0.25) is 6.20 Å². The van der Waals surface area contributed by atoms with Crippen molar-refractivity contribution in [2.75, 3.05) is 32.1 Å². The Kier molecular flexibility index (Phi) is 6.19. The van der Waals surface area contributed by atoms with E-state index in [0.29, 0.717) is 5.92 Å². The van der Waals surface area contributed by atoms with E-state index in [0.717, 1.165) is 24.7 Å². The summed E-state index contributed by atoms with van der Waals surface area (Å²) in [5, 5.41) is 0. The second-order valence-corrected chi connectivity index (χ2v) is 7.88. The molecule has 0 radical (unpaired) electrons. The highest BCUT2D eigenvalue weighted by Gasteiger charge is 2.30. The summed E-state index contributed by atoms with van der Waals surface area (Å²) in [5.74, 6) is 2.25. The molecule has 1 aromatic rings. The summed E-state index contributed by atoms with van der Waals surface area (Å²) in [6, 6.07) is 0. The van der Waals surface area contributed by atoms with E-state index in [2.05, 4.69) is 60.0 Å². The molecule has 1 unspecified atom stereocenters. The summed E-state index contributed by atoms with van der Waals surface area (Å²) in [7, 11) is 4.37. The van der Waals surface area contributed by atoms with Crippen LogP contribution < -0.4 is 9.88 Å². The van der Waals surface area contributed by atoms with Gasteiger partial charge in [0.25, 0.3) is 0 Å². The molecule has 26 heavy (non-hydrogen) atoms. The third-order valence-electron chi connectivity index (χ3n) is 6.10. The molecule has 1 fully saturated rings. The number of aromatic nitrogens is 2. The zero-order chi connectivity index (χ0) is 18.5. The van der Waals surface area contributed by atoms with Crippen LogP contribution >= 0.6 is 0 Å². The maximum atomic E-state index is 4.29. The molecule has 0 saturated heterocycles. The van der Waals surface area contributed by atoms with Crippen molar-refractivity contribution in [2.45, 2.75) is 52.4 Å². The number of hydrogen-bond donors (Lipinski definition) is 0. The Bertz CT molecular complexity index is 645. The highest BCUT2D eigenvalue weighted by atomic mass is 15.2. The lowest BCUT2D eigenvalue weighted by atomic mass is 9.74. The van der Waals surface area contributed by atoms with Crippen LogP contribution in [0.2, 0.25) is 0 Å². The summed E-state index contributed by atoms with van der Waals surface area (Å²) < 4.78 is 0. The molecular weight excluding hydrogens is 320 g/mol. The summed E-state index contributed by atoms with van der Waals surface area (Å²) in [4.78, 5) is 13.1. The molecule has 1 aliphatic heterocycles. The highest BCUT2D eigenvalue weighted by molar-refractivity contribution is 5.39. The van der Waals surface area contributed by atoms with Gasteiger partial charge in [0.05, 0.1) is 13.6 Å². The second-order valence-electron chi connectivity index (χ2n) is 7.88. The van der Waals surface area contributed by atoms with Crippen molar-refractivity contribution >= 4 is 5.82 Å². The molecule has 2 aliphatic rings. The van der Waals surface area contributed by atoms with Gasteiger partial charge in [0.15, 0.2) is 0 Å². The van der Waals surface area contributed by atoms with E-state index >= 15 is 0 Å². The van der Waals surface area contributed by atoms with Crippen LogP contribution in [0.25, 0.3) is 0 Å². The Morgan fingerprint density at radius 1 is 1.46 bits per heavy atom. The number of rotatable bonds is 7. The maximum absolute atomic E-state index is 4.29. The fraction of sp³-hybridized carbons (Fsp3) is 0.636. The largest absolute Gasteiger partial charge is 0.399 e. The van der Waals surface area contributed by atoms with Crippen LogP contribution in [0.3, 0.4) is 0 Å². The van der Waals surface area contributed by atoms with Crippen LogP contribution in [-0.4, -0.2) is 37.1 Å². The smallest absolute Gasteiger partial charge is 0.377 e. The monoisotopic (exact) mass is 353 g/mol. The number of nitrogens with zero attached hydrogens (tertiary/aromatic N) is 4. The fourth-order valence-corrected chi connectivity index (χ4v) is 4.40. The predicted octanol–water partition coefficient (Wildman–Crippen LogP) is 3.67. The Balaban J connectivity index is 1.74. The molecule has 2 heterocycles. The van der Waals surface area contributed by atoms with Gasteiger partial charge in [-0.05, 0) is 62.0 Å². The van der Waals surface area contributed by atoms with Crippen molar-refractivity contribution in [3.8, 4) is 0 Å². The van der Waals surface area contributed by atoms with Gasteiger partial charge in [-0.25, -0.2) is 9.88 Å². The molecule has 0 amide bonds. The molecule has 0 N–H and O–H groups in total. The minimum absolute atomic E-state index is 0.549. The van der Waals surface area contributed by atoms with Crippen molar-refractivity contribution in [1.82, 2.24) is 9.88 Å². The van der Waals surface area contributed by atoms with Gasteiger partial charge in [-0.1, -0.05) is 19.4 Å². The Morgan fingerprint density at radius 3 is 2.88 bits per heavy atom. The third-order valence-corrected chi connectivity index (χ3v) is 6.10. The van der Waals surface area contributed by atoms with E-state index in [9.17, 15) is 0 Å². The molecule has 4 heteroatoms. The Morgan fingerprint density at radius 2 is 2.27 bits per heavy atom. The molecule has 0 aromatic carbocycles. The van der Waals surface area contributed by atoms with E-state index in [1.165, 1.54) is 38.6 Å². The minimum atomic E-state index is 0.549. The molecule has 1 saturated carbocycles. The first-order valence-corrected chi connectivity index (χ1v) is 10.1. The van der Waals surface area contributed by atoms with Crippen LogP contribution in [0.1, 0.15) is 52.4 Å². The standard InChI is InChI=1S/C22H33N4/c1-5-19(18-8-6-9-18)20-10-7-14-26(4)22(20)17(2)11-15-25(3)21-16-23-12-13-24-21/h5,12,16-18H,6-11,14-15H2,1-4H3/q+1. The highest BCUT2D eigenvalue weighted by Crippen LogP contribution is 2.42. The molecule has 1 aromatic heterocycles. The van der Waals surface area contributed by atoms with Crippen molar-refractivity contribution < 1.29 is 4.98 Å². The Hall–Kier alpha value is -2.02. The van der Waals surface area contributed by atoms with Gasteiger partial charge >= 0.3 is 5.82 Å². The van der Waals surface area contributed by atoms with Gasteiger partial charge in [0, 0.05) is 19.3 Å². The van der Waals surface area contributed by atoms with Gasteiger partial charge in [-0.2, -0.15) is 4.98 Å².